The number of aliphatic carboxylic acids is 1. The average Bonchev–Trinajstić information content (AvgIpc) is 2.65. The van der Waals surface area contributed by atoms with E-state index in [-0.39, 0.29) is 24.9 Å². The fourth-order valence-electron chi connectivity index (χ4n) is 1.87. The predicted molar refractivity (Wildman–Crippen MR) is 70.8 cm³/mol. The number of nitrogens with zero attached hydrogens (tertiary/aromatic N) is 2. The topological polar surface area (TPSA) is 84.2 Å². The van der Waals surface area contributed by atoms with Crippen molar-refractivity contribution in [1.82, 2.24) is 15.1 Å². The summed E-state index contributed by atoms with van der Waals surface area (Å²) in [5, 5.41) is 15.7. The van der Waals surface area contributed by atoms with E-state index in [1.807, 2.05) is 31.5 Å². The van der Waals surface area contributed by atoms with Gasteiger partial charge in [0.1, 0.15) is 0 Å². The van der Waals surface area contributed by atoms with Gasteiger partial charge in [0.15, 0.2) is 0 Å². The van der Waals surface area contributed by atoms with Gasteiger partial charge < -0.3 is 10.4 Å². The molecule has 0 aliphatic carbocycles. The van der Waals surface area contributed by atoms with Gasteiger partial charge in [0, 0.05) is 18.7 Å². The summed E-state index contributed by atoms with van der Waals surface area (Å²) >= 11 is 0. The van der Waals surface area contributed by atoms with Crippen LogP contribution in [0.15, 0.2) is 6.07 Å². The highest BCUT2D eigenvalue weighted by Gasteiger charge is 2.16. The van der Waals surface area contributed by atoms with Crippen LogP contribution < -0.4 is 5.32 Å². The highest BCUT2D eigenvalue weighted by atomic mass is 16.4. The van der Waals surface area contributed by atoms with Crippen LogP contribution in [0.1, 0.15) is 37.7 Å². The van der Waals surface area contributed by atoms with Gasteiger partial charge in [-0.15, -0.1) is 0 Å². The summed E-state index contributed by atoms with van der Waals surface area (Å²) in [7, 11) is 0. The van der Waals surface area contributed by atoms with E-state index in [0.717, 1.165) is 11.4 Å². The lowest BCUT2D eigenvalue weighted by Crippen LogP contribution is -2.32. The van der Waals surface area contributed by atoms with Crippen LogP contribution >= 0.6 is 0 Å². The lowest BCUT2D eigenvalue weighted by Gasteiger charge is -2.15. The van der Waals surface area contributed by atoms with Crippen LogP contribution in [0.3, 0.4) is 0 Å². The molecular weight excluding hydrogens is 246 g/mol. The van der Waals surface area contributed by atoms with E-state index < -0.39 is 11.9 Å². The second-order valence-corrected chi connectivity index (χ2v) is 4.97. The first-order valence-corrected chi connectivity index (χ1v) is 6.33. The third-order valence-electron chi connectivity index (χ3n) is 2.97. The van der Waals surface area contributed by atoms with Crippen molar-refractivity contribution in [2.24, 2.45) is 5.92 Å². The summed E-state index contributed by atoms with van der Waals surface area (Å²) < 4.78 is 1.82. The first kappa shape index (κ1) is 15.2. The van der Waals surface area contributed by atoms with Crippen LogP contribution in [0.25, 0.3) is 0 Å². The number of carbonyl (C=O) groups excluding carboxylic acids is 1. The Balaban J connectivity index is 2.48. The maximum Gasteiger partial charge on any atom is 0.308 e. The third-order valence-corrected chi connectivity index (χ3v) is 2.97. The number of aromatic nitrogens is 2. The summed E-state index contributed by atoms with van der Waals surface area (Å²) in [6, 6.07) is 1.91. The average molecular weight is 267 g/mol. The number of hydrogen-bond acceptors (Lipinski definition) is 3. The molecule has 2 N–H and O–H groups in total. The summed E-state index contributed by atoms with van der Waals surface area (Å²) in [5.41, 5.74) is 1.93. The third kappa shape index (κ3) is 4.39. The van der Waals surface area contributed by atoms with Gasteiger partial charge in [-0.2, -0.15) is 5.10 Å². The van der Waals surface area contributed by atoms with Gasteiger partial charge in [-0.3, -0.25) is 14.3 Å². The first-order chi connectivity index (χ1) is 8.81. The van der Waals surface area contributed by atoms with Crippen molar-refractivity contribution in [3.8, 4) is 0 Å². The molecule has 1 amide bonds. The summed E-state index contributed by atoms with van der Waals surface area (Å²) in [6.45, 7) is 7.48. The van der Waals surface area contributed by atoms with Crippen LogP contribution in [-0.2, 0) is 9.59 Å². The van der Waals surface area contributed by atoms with Crippen molar-refractivity contribution in [2.45, 2.75) is 40.2 Å². The number of carboxylic acids is 1. The standard InChI is InChI=1S/C13H21N3O3/c1-8(13(18)19)7-14-12(17)6-11(4)16-10(3)5-9(2)15-16/h5,8,11H,6-7H2,1-4H3,(H,14,17)(H,18,19). The van der Waals surface area contributed by atoms with E-state index in [1.54, 1.807) is 6.92 Å². The molecule has 19 heavy (non-hydrogen) atoms. The highest BCUT2D eigenvalue weighted by Crippen LogP contribution is 2.13. The molecule has 2 atom stereocenters. The molecule has 6 heteroatoms. The van der Waals surface area contributed by atoms with Crippen LogP contribution in [0.2, 0.25) is 0 Å². The zero-order chi connectivity index (χ0) is 14.6. The Morgan fingerprint density at radius 2 is 2.05 bits per heavy atom. The highest BCUT2D eigenvalue weighted by molar-refractivity contribution is 5.77. The Labute approximate surface area is 112 Å². The number of carbonyl (C=O) groups is 2. The van der Waals surface area contributed by atoms with Crippen LogP contribution in [0.5, 0.6) is 0 Å². The molecule has 0 saturated carbocycles. The van der Waals surface area contributed by atoms with Gasteiger partial charge in [-0.25, -0.2) is 0 Å². The van der Waals surface area contributed by atoms with Gasteiger partial charge in [-0.05, 0) is 26.8 Å². The van der Waals surface area contributed by atoms with E-state index >= 15 is 0 Å². The van der Waals surface area contributed by atoms with Crippen molar-refractivity contribution in [2.75, 3.05) is 6.54 Å². The molecule has 0 aromatic carbocycles. The smallest absolute Gasteiger partial charge is 0.308 e. The molecule has 2 unspecified atom stereocenters. The van der Waals surface area contributed by atoms with Gasteiger partial charge >= 0.3 is 5.97 Å². The second kappa shape index (κ2) is 6.36. The van der Waals surface area contributed by atoms with E-state index in [0.29, 0.717) is 0 Å². The summed E-state index contributed by atoms with van der Waals surface area (Å²) in [6.07, 6.45) is 0.286. The molecule has 0 spiro atoms. The Morgan fingerprint density at radius 3 is 2.53 bits per heavy atom. The molecule has 1 rings (SSSR count). The maximum absolute atomic E-state index is 11.7. The molecule has 0 bridgehead atoms. The second-order valence-electron chi connectivity index (χ2n) is 4.97. The number of amides is 1. The van der Waals surface area contributed by atoms with Crippen LogP contribution in [0, 0.1) is 19.8 Å². The normalized spacial score (nSPS) is 13.9. The Hall–Kier alpha value is -1.85. The van der Waals surface area contributed by atoms with Gasteiger partial charge in [0.25, 0.3) is 0 Å². The van der Waals surface area contributed by atoms with Crippen LogP contribution in [-0.4, -0.2) is 33.3 Å². The van der Waals surface area contributed by atoms with E-state index in [9.17, 15) is 9.59 Å². The van der Waals surface area contributed by atoms with Crippen molar-refractivity contribution < 1.29 is 14.7 Å². The molecular formula is C13H21N3O3. The summed E-state index contributed by atoms with van der Waals surface area (Å²) in [4.78, 5) is 22.4. The molecule has 0 aliphatic rings. The minimum atomic E-state index is -0.910. The fraction of sp³-hybridized carbons (Fsp3) is 0.615. The minimum absolute atomic E-state index is 0.0474. The first-order valence-electron chi connectivity index (χ1n) is 6.33. The van der Waals surface area contributed by atoms with Crippen molar-refractivity contribution in [3.05, 3.63) is 17.5 Å². The lowest BCUT2D eigenvalue weighted by atomic mass is 10.1. The number of hydrogen-bond donors (Lipinski definition) is 2. The molecule has 1 aromatic rings. The molecule has 106 valence electrons. The number of nitrogens with one attached hydrogen (secondary N) is 1. The Morgan fingerprint density at radius 1 is 1.42 bits per heavy atom. The number of carboxylic acid groups (broad SMARTS) is 1. The molecule has 0 aliphatic heterocycles. The van der Waals surface area contributed by atoms with E-state index in [1.165, 1.54) is 0 Å². The van der Waals surface area contributed by atoms with Gasteiger partial charge in [0.2, 0.25) is 5.91 Å². The number of aryl methyl sites for hydroxylation is 2. The largest absolute Gasteiger partial charge is 0.481 e. The maximum atomic E-state index is 11.7. The lowest BCUT2D eigenvalue weighted by molar-refractivity contribution is -0.141. The van der Waals surface area contributed by atoms with Crippen molar-refractivity contribution >= 4 is 11.9 Å². The molecule has 0 radical (unpaired) electrons. The zero-order valence-corrected chi connectivity index (χ0v) is 11.8. The zero-order valence-electron chi connectivity index (χ0n) is 11.8. The van der Waals surface area contributed by atoms with Gasteiger partial charge in [-0.1, -0.05) is 6.92 Å². The Kier molecular flexibility index (Phi) is 5.09. The minimum Gasteiger partial charge on any atom is -0.481 e. The van der Waals surface area contributed by atoms with E-state index in [2.05, 4.69) is 10.4 Å². The van der Waals surface area contributed by atoms with Crippen molar-refractivity contribution in [3.63, 3.8) is 0 Å². The van der Waals surface area contributed by atoms with Crippen LogP contribution in [0.4, 0.5) is 0 Å². The fourth-order valence-corrected chi connectivity index (χ4v) is 1.87. The monoisotopic (exact) mass is 267 g/mol. The SMILES string of the molecule is Cc1cc(C)n(C(C)CC(=O)NCC(C)C(=O)O)n1. The number of rotatable bonds is 6. The summed E-state index contributed by atoms with van der Waals surface area (Å²) in [5.74, 6) is -1.65. The molecule has 1 aromatic heterocycles. The molecule has 6 nitrogen and oxygen atoms in total. The molecule has 1 heterocycles. The molecule has 0 fully saturated rings. The molecule has 0 saturated heterocycles. The van der Waals surface area contributed by atoms with E-state index in [4.69, 9.17) is 5.11 Å². The quantitative estimate of drug-likeness (QED) is 0.813. The van der Waals surface area contributed by atoms with Gasteiger partial charge in [0.05, 0.1) is 17.7 Å². The predicted octanol–water partition coefficient (Wildman–Crippen LogP) is 1.29. The Bertz CT molecular complexity index is 468. The van der Waals surface area contributed by atoms with Crippen molar-refractivity contribution in [1.29, 1.82) is 0 Å².